The van der Waals surface area contributed by atoms with Gasteiger partial charge in [-0.05, 0) is 59.7 Å². The zero-order valence-electron chi connectivity index (χ0n) is 28.2. The van der Waals surface area contributed by atoms with Crippen molar-refractivity contribution in [3.05, 3.63) is 83.9 Å². The quantitative estimate of drug-likeness (QED) is 0.0578. The van der Waals surface area contributed by atoms with Gasteiger partial charge in [-0.1, -0.05) is 152 Å². The minimum absolute atomic E-state index is 0. The van der Waals surface area contributed by atoms with Crippen molar-refractivity contribution in [1.82, 2.24) is 0 Å². The Morgan fingerprint density at radius 3 is 1.06 bits per heavy atom. The molecule has 0 amide bonds. The first-order chi connectivity index (χ1) is 22.1. The second kappa shape index (κ2) is 21.5. The van der Waals surface area contributed by atoms with E-state index < -0.39 is 20.2 Å². The summed E-state index contributed by atoms with van der Waals surface area (Å²) in [5.41, 5.74) is 1.93. The molecule has 9 heteroatoms. The Morgan fingerprint density at radius 1 is 0.447 bits per heavy atom. The summed E-state index contributed by atoms with van der Waals surface area (Å²) in [6, 6.07) is 21.3. The molecule has 0 aliphatic heterocycles. The normalized spacial score (nSPS) is 11.7. The van der Waals surface area contributed by atoms with E-state index in [9.17, 15) is 25.9 Å². The molecule has 0 aliphatic rings. The van der Waals surface area contributed by atoms with Gasteiger partial charge >= 0.3 is 37.7 Å². The molecule has 0 radical (unpaired) electrons. The zero-order chi connectivity index (χ0) is 33.4. The van der Waals surface area contributed by atoms with E-state index in [2.05, 4.69) is 13.8 Å². The Labute approximate surface area is 313 Å². The van der Waals surface area contributed by atoms with Crippen molar-refractivity contribution < 1.29 is 25.9 Å². The number of aryl methyl sites for hydroxylation is 2. The maximum Gasteiger partial charge on any atom is 2.00 e. The van der Waals surface area contributed by atoms with Gasteiger partial charge in [-0.15, -0.1) is 0 Å². The SMILES string of the molecule is CCCCCCCCCc1cccc2cccc(S(=O)(=O)[O-])c12.CCCCCCCCCc1cccc2cccc(S(=O)(=O)[O-])c12.[Ca+2]. The molecule has 0 bridgehead atoms. The van der Waals surface area contributed by atoms with Crippen molar-refractivity contribution in [1.29, 1.82) is 0 Å². The van der Waals surface area contributed by atoms with Crippen molar-refractivity contribution in [2.75, 3.05) is 0 Å². The van der Waals surface area contributed by atoms with Gasteiger partial charge in [-0.25, -0.2) is 16.8 Å². The number of hydrogen-bond acceptors (Lipinski definition) is 6. The number of benzene rings is 4. The molecular formula is C38H50CaO6S2. The van der Waals surface area contributed by atoms with E-state index in [0.717, 1.165) is 60.4 Å². The fourth-order valence-corrected chi connectivity index (χ4v) is 7.63. The average molecular weight is 707 g/mol. The van der Waals surface area contributed by atoms with Crippen molar-refractivity contribution in [3.8, 4) is 0 Å². The van der Waals surface area contributed by atoms with E-state index in [0.29, 0.717) is 10.8 Å². The summed E-state index contributed by atoms with van der Waals surface area (Å²) < 4.78 is 69.1. The number of hydrogen-bond donors (Lipinski definition) is 0. The number of fused-ring (bicyclic) bond motifs is 2. The van der Waals surface area contributed by atoms with E-state index in [1.54, 1.807) is 12.1 Å². The fraction of sp³-hybridized carbons (Fsp3) is 0.474. The van der Waals surface area contributed by atoms with Crippen LogP contribution >= 0.6 is 0 Å². The van der Waals surface area contributed by atoms with Gasteiger partial charge in [0.15, 0.2) is 0 Å². The molecule has 0 atom stereocenters. The third-order valence-corrected chi connectivity index (χ3v) is 10.3. The van der Waals surface area contributed by atoms with E-state index in [-0.39, 0.29) is 47.5 Å². The minimum Gasteiger partial charge on any atom is -0.744 e. The monoisotopic (exact) mass is 706 g/mol. The Bertz CT molecular complexity index is 1600. The summed E-state index contributed by atoms with van der Waals surface area (Å²) in [7, 11) is -8.89. The van der Waals surface area contributed by atoms with Crippen molar-refractivity contribution in [3.63, 3.8) is 0 Å². The van der Waals surface area contributed by atoms with Crippen LogP contribution in [0.1, 0.15) is 115 Å². The van der Waals surface area contributed by atoms with Crippen molar-refractivity contribution in [2.24, 2.45) is 0 Å². The van der Waals surface area contributed by atoms with Crippen molar-refractivity contribution >= 4 is 79.5 Å². The minimum atomic E-state index is -4.45. The molecule has 0 unspecified atom stereocenters. The maximum atomic E-state index is 11.5. The maximum absolute atomic E-state index is 11.5. The molecule has 0 aromatic heterocycles. The smallest absolute Gasteiger partial charge is 0.744 e. The van der Waals surface area contributed by atoms with Crippen LogP contribution in [-0.2, 0) is 33.1 Å². The summed E-state index contributed by atoms with van der Waals surface area (Å²) in [5, 5.41) is 2.86. The third-order valence-electron chi connectivity index (χ3n) is 8.54. The van der Waals surface area contributed by atoms with Crippen LogP contribution in [0.15, 0.2) is 82.6 Å². The molecule has 0 fully saturated rings. The van der Waals surface area contributed by atoms with Crippen LogP contribution in [-0.4, -0.2) is 63.7 Å². The molecule has 47 heavy (non-hydrogen) atoms. The standard InChI is InChI=1S/2C19H26O3S.Ca/c2*1-2-3-4-5-6-7-8-11-16-12-9-13-17-14-10-15-18(19(16)17)23(20,21)22;/h2*9-10,12-15H,2-8,11H2,1H3,(H,20,21,22);/q;;+2/p-2. The van der Waals surface area contributed by atoms with Crippen LogP contribution in [0.5, 0.6) is 0 Å². The summed E-state index contributed by atoms with van der Waals surface area (Å²) in [5.74, 6) is 0. The molecular weight excluding hydrogens is 657 g/mol. The van der Waals surface area contributed by atoms with Crippen LogP contribution < -0.4 is 0 Å². The van der Waals surface area contributed by atoms with Crippen LogP contribution in [0.2, 0.25) is 0 Å². The van der Waals surface area contributed by atoms with Gasteiger partial charge in [0.25, 0.3) is 0 Å². The molecule has 6 nitrogen and oxygen atoms in total. The van der Waals surface area contributed by atoms with E-state index in [1.807, 2.05) is 48.5 Å². The zero-order valence-corrected chi connectivity index (χ0v) is 32.1. The second-order valence-corrected chi connectivity index (χ2v) is 14.9. The Balaban J connectivity index is 0.000000320. The fourth-order valence-electron chi connectivity index (χ4n) is 6.14. The first-order valence-corrected chi connectivity index (χ1v) is 19.8. The van der Waals surface area contributed by atoms with Gasteiger partial charge in [0.2, 0.25) is 0 Å². The Morgan fingerprint density at radius 2 is 0.745 bits per heavy atom. The summed E-state index contributed by atoms with van der Waals surface area (Å²) >= 11 is 0. The van der Waals surface area contributed by atoms with Crippen LogP contribution in [0.25, 0.3) is 21.5 Å². The van der Waals surface area contributed by atoms with Gasteiger partial charge < -0.3 is 9.11 Å². The first-order valence-electron chi connectivity index (χ1n) is 17.0. The molecule has 0 saturated carbocycles. The van der Waals surface area contributed by atoms with Gasteiger partial charge in [0.05, 0.1) is 9.79 Å². The topological polar surface area (TPSA) is 114 Å². The first kappa shape index (κ1) is 41.7. The molecule has 252 valence electrons. The second-order valence-electron chi connectivity index (χ2n) is 12.2. The molecule has 0 saturated heterocycles. The molecule has 0 heterocycles. The average Bonchev–Trinajstić information content (AvgIpc) is 3.03. The van der Waals surface area contributed by atoms with Gasteiger partial charge in [-0.3, -0.25) is 0 Å². The number of rotatable bonds is 18. The van der Waals surface area contributed by atoms with Crippen LogP contribution in [0.4, 0.5) is 0 Å². The molecule has 4 aromatic carbocycles. The third kappa shape index (κ3) is 13.7. The van der Waals surface area contributed by atoms with E-state index in [4.69, 9.17) is 0 Å². The largest absolute Gasteiger partial charge is 2.00 e. The molecule has 0 N–H and O–H groups in total. The van der Waals surface area contributed by atoms with E-state index in [1.165, 1.54) is 76.3 Å². The summed E-state index contributed by atoms with van der Waals surface area (Å²) in [6.45, 7) is 4.42. The molecule has 4 rings (SSSR count). The molecule has 0 aliphatic carbocycles. The van der Waals surface area contributed by atoms with Crippen LogP contribution in [0, 0.1) is 0 Å². The molecule has 4 aromatic rings. The predicted octanol–water partition coefficient (Wildman–Crippen LogP) is 9.69. The Hall–Kier alpha value is -1.52. The summed E-state index contributed by atoms with van der Waals surface area (Å²) in [4.78, 5) is -0.179. The molecule has 0 spiro atoms. The Kier molecular flexibility index (Phi) is 19.1. The van der Waals surface area contributed by atoms with Gasteiger partial charge in [0.1, 0.15) is 20.2 Å². The summed E-state index contributed by atoms with van der Waals surface area (Å²) in [6.07, 6.45) is 18.6. The van der Waals surface area contributed by atoms with E-state index >= 15 is 0 Å². The van der Waals surface area contributed by atoms with Gasteiger partial charge in [0, 0.05) is 10.8 Å². The van der Waals surface area contributed by atoms with Crippen molar-refractivity contribution in [2.45, 2.75) is 126 Å². The number of unbranched alkanes of at least 4 members (excludes halogenated alkanes) is 12. The van der Waals surface area contributed by atoms with Gasteiger partial charge in [-0.2, -0.15) is 0 Å². The predicted molar refractivity (Wildman–Crippen MR) is 193 cm³/mol. The van der Waals surface area contributed by atoms with Crippen LogP contribution in [0.3, 0.4) is 0 Å².